The number of nitrogens with zero attached hydrogens (tertiary/aromatic N) is 2. The highest BCUT2D eigenvalue weighted by molar-refractivity contribution is 5.94. The summed E-state index contributed by atoms with van der Waals surface area (Å²) < 4.78 is 6.16. The molecular weight excluding hydrogens is 276 g/mol. The number of pyridine rings is 1. The molecule has 1 saturated heterocycles. The maximum Gasteiger partial charge on any atom is 0.255 e. The van der Waals surface area contributed by atoms with Gasteiger partial charge in [-0.05, 0) is 50.2 Å². The second-order valence-electron chi connectivity index (χ2n) is 7.00. The standard InChI is InChI=1S/C18H24N2O2/c1-2-15-7-5-13(9-19-15)18(21)20-10-14-6-8-16(20)17(14)22-11-12-3-4-12/h5,7,9,12,14,16-17H,2-4,6,8,10-11H2,1H3. The first-order valence-corrected chi connectivity index (χ1v) is 8.63. The molecule has 3 aliphatic rings. The van der Waals surface area contributed by atoms with E-state index in [4.69, 9.17) is 4.74 Å². The number of fused-ring (bicyclic) bond motifs is 2. The smallest absolute Gasteiger partial charge is 0.255 e. The molecule has 4 nitrogen and oxygen atoms in total. The number of piperidine rings is 1. The largest absolute Gasteiger partial charge is 0.375 e. The summed E-state index contributed by atoms with van der Waals surface area (Å²) in [5.41, 5.74) is 1.75. The summed E-state index contributed by atoms with van der Waals surface area (Å²) in [5.74, 6) is 1.45. The molecular formula is C18H24N2O2. The zero-order valence-corrected chi connectivity index (χ0v) is 13.2. The van der Waals surface area contributed by atoms with Crippen molar-refractivity contribution in [1.29, 1.82) is 0 Å². The number of rotatable bonds is 5. The van der Waals surface area contributed by atoms with Crippen molar-refractivity contribution in [3.8, 4) is 0 Å². The van der Waals surface area contributed by atoms with Crippen molar-refractivity contribution in [2.45, 2.75) is 51.2 Å². The first-order chi connectivity index (χ1) is 10.8. The van der Waals surface area contributed by atoms with Gasteiger partial charge >= 0.3 is 0 Å². The van der Waals surface area contributed by atoms with Crippen LogP contribution in [0.1, 0.15) is 48.7 Å². The number of hydrogen-bond donors (Lipinski definition) is 0. The summed E-state index contributed by atoms with van der Waals surface area (Å²) in [7, 11) is 0. The molecule has 1 aliphatic heterocycles. The van der Waals surface area contributed by atoms with Gasteiger partial charge in [0.15, 0.2) is 0 Å². The molecule has 2 saturated carbocycles. The molecule has 4 rings (SSSR count). The highest BCUT2D eigenvalue weighted by atomic mass is 16.5. The average molecular weight is 300 g/mol. The number of hydrogen-bond acceptors (Lipinski definition) is 3. The Morgan fingerprint density at radius 1 is 1.32 bits per heavy atom. The molecule has 0 radical (unpaired) electrons. The lowest BCUT2D eigenvalue weighted by atomic mass is 10.1. The fraction of sp³-hybridized carbons (Fsp3) is 0.667. The van der Waals surface area contributed by atoms with Crippen molar-refractivity contribution in [2.75, 3.05) is 13.2 Å². The van der Waals surface area contributed by atoms with Crippen LogP contribution in [-0.2, 0) is 11.2 Å². The summed E-state index contributed by atoms with van der Waals surface area (Å²) in [4.78, 5) is 19.2. The number of aryl methyl sites for hydroxylation is 1. The predicted molar refractivity (Wildman–Crippen MR) is 83.6 cm³/mol. The molecule has 22 heavy (non-hydrogen) atoms. The number of aromatic nitrogens is 1. The molecule has 1 aromatic heterocycles. The quantitative estimate of drug-likeness (QED) is 0.839. The van der Waals surface area contributed by atoms with Gasteiger partial charge in [-0.2, -0.15) is 0 Å². The Morgan fingerprint density at radius 2 is 2.18 bits per heavy atom. The molecule has 2 bridgehead atoms. The molecule has 2 aliphatic carbocycles. The molecule has 0 aromatic carbocycles. The van der Waals surface area contributed by atoms with Gasteiger partial charge in [-0.1, -0.05) is 6.92 Å². The molecule has 2 heterocycles. The Kier molecular flexibility index (Phi) is 3.65. The zero-order chi connectivity index (χ0) is 15.1. The van der Waals surface area contributed by atoms with E-state index >= 15 is 0 Å². The predicted octanol–water partition coefficient (Wildman–Crippen LogP) is 2.67. The first kappa shape index (κ1) is 14.2. The van der Waals surface area contributed by atoms with Gasteiger partial charge in [0.05, 0.1) is 17.7 Å². The van der Waals surface area contributed by atoms with Crippen molar-refractivity contribution in [1.82, 2.24) is 9.88 Å². The molecule has 4 heteroatoms. The Labute approximate surface area is 131 Å². The fourth-order valence-corrected chi connectivity index (χ4v) is 3.88. The van der Waals surface area contributed by atoms with Crippen LogP contribution < -0.4 is 0 Å². The Hall–Kier alpha value is -1.42. The normalized spacial score (nSPS) is 30.0. The molecule has 0 spiro atoms. The van der Waals surface area contributed by atoms with Gasteiger partial charge in [0.2, 0.25) is 0 Å². The van der Waals surface area contributed by atoms with Crippen molar-refractivity contribution < 1.29 is 9.53 Å². The first-order valence-electron chi connectivity index (χ1n) is 8.63. The lowest BCUT2D eigenvalue weighted by Gasteiger charge is -2.27. The Morgan fingerprint density at radius 3 is 2.86 bits per heavy atom. The zero-order valence-electron chi connectivity index (χ0n) is 13.2. The summed E-state index contributed by atoms with van der Waals surface area (Å²) in [5, 5.41) is 0. The monoisotopic (exact) mass is 300 g/mol. The third kappa shape index (κ3) is 2.54. The van der Waals surface area contributed by atoms with E-state index in [9.17, 15) is 4.79 Å². The highest BCUT2D eigenvalue weighted by Crippen LogP contribution is 2.41. The molecule has 118 valence electrons. The van der Waals surface area contributed by atoms with Crippen LogP contribution in [0.3, 0.4) is 0 Å². The van der Waals surface area contributed by atoms with E-state index < -0.39 is 0 Å². The minimum Gasteiger partial charge on any atom is -0.375 e. The SMILES string of the molecule is CCc1ccc(C(=O)N2CC3CCC2C3OCC2CC2)cn1. The molecule has 1 amide bonds. The summed E-state index contributed by atoms with van der Waals surface area (Å²) in [6.45, 7) is 3.83. The molecule has 1 aromatic rings. The van der Waals surface area contributed by atoms with Gasteiger partial charge in [-0.15, -0.1) is 0 Å². The van der Waals surface area contributed by atoms with E-state index in [0.717, 1.165) is 37.6 Å². The van der Waals surface area contributed by atoms with Crippen LogP contribution in [0.15, 0.2) is 18.3 Å². The van der Waals surface area contributed by atoms with E-state index in [1.165, 1.54) is 19.3 Å². The van der Waals surface area contributed by atoms with E-state index in [2.05, 4.69) is 11.9 Å². The van der Waals surface area contributed by atoms with Crippen molar-refractivity contribution in [3.63, 3.8) is 0 Å². The fourth-order valence-electron chi connectivity index (χ4n) is 3.88. The molecule has 3 atom stereocenters. The van der Waals surface area contributed by atoms with E-state index in [1.54, 1.807) is 6.20 Å². The number of likely N-dealkylation sites (tertiary alicyclic amines) is 1. The Bertz CT molecular complexity index is 553. The van der Waals surface area contributed by atoms with Crippen LogP contribution in [-0.4, -0.2) is 41.1 Å². The lowest BCUT2D eigenvalue weighted by molar-refractivity contribution is 0.0208. The summed E-state index contributed by atoms with van der Waals surface area (Å²) >= 11 is 0. The number of ether oxygens (including phenoxy) is 1. The molecule has 0 N–H and O–H groups in total. The second-order valence-corrected chi connectivity index (χ2v) is 7.00. The minimum atomic E-state index is 0.127. The Balaban J connectivity index is 1.44. The minimum absolute atomic E-state index is 0.127. The molecule has 3 unspecified atom stereocenters. The van der Waals surface area contributed by atoms with Crippen LogP contribution in [0.2, 0.25) is 0 Å². The van der Waals surface area contributed by atoms with Gasteiger partial charge < -0.3 is 9.64 Å². The van der Waals surface area contributed by atoms with Crippen LogP contribution in [0.4, 0.5) is 0 Å². The number of carbonyl (C=O) groups excluding carboxylic acids is 1. The van der Waals surface area contributed by atoms with Gasteiger partial charge in [0.25, 0.3) is 5.91 Å². The lowest BCUT2D eigenvalue weighted by Crippen LogP contribution is -2.40. The average Bonchev–Trinajstić information content (AvgIpc) is 3.24. The maximum absolute atomic E-state index is 12.8. The van der Waals surface area contributed by atoms with Crippen LogP contribution >= 0.6 is 0 Å². The van der Waals surface area contributed by atoms with Crippen LogP contribution in [0, 0.1) is 11.8 Å². The van der Waals surface area contributed by atoms with Gasteiger partial charge in [-0.3, -0.25) is 9.78 Å². The second kappa shape index (κ2) is 5.65. The van der Waals surface area contributed by atoms with Gasteiger partial charge in [-0.25, -0.2) is 0 Å². The van der Waals surface area contributed by atoms with E-state index in [0.29, 0.717) is 11.5 Å². The van der Waals surface area contributed by atoms with Gasteiger partial charge in [0.1, 0.15) is 0 Å². The number of amides is 1. The van der Waals surface area contributed by atoms with Crippen molar-refractivity contribution in [3.05, 3.63) is 29.6 Å². The van der Waals surface area contributed by atoms with Crippen LogP contribution in [0.25, 0.3) is 0 Å². The van der Waals surface area contributed by atoms with Crippen LogP contribution in [0.5, 0.6) is 0 Å². The van der Waals surface area contributed by atoms with Gasteiger partial charge in [0, 0.05) is 31.0 Å². The third-order valence-corrected chi connectivity index (χ3v) is 5.42. The third-order valence-electron chi connectivity index (χ3n) is 5.42. The topological polar surface area (TPSA) is 42.4 Å². The van der Waals surface area contributed by atoms with Crippen molar-refractivity contribution >= 4 is 5.91 Å². The van der Waals surface area contributed by atoms with E-state index in [1.807, 2.05) is 17.0 Å². The maximum atomic E-state index is 12.8. The summed E-state index contributed by atoms with van der Waals surface area (Å²) in [6.07, 6.45) is 7.84. The number of carbonyl (C=O) groups is 1. The highest BCUT2D eigenvalue weighted by Gasteiger charge is 2.49. The molecule has 3 fully saturated rings. The van der Waals surface area contributed by atoms with E-state index in [-0.39, 0.29) is 18.1 Å². The van der Waals surface area contributed by atoms with Crippen molar-refractivity contribution in [2.24, 2.45) is 11.8 Å². The summed E-state index contributed by atoms with van der Waals surface area (Å²) in [6, 6.07) is 4.16.